The average molecular weight is 279 g/mol. The summed E-state index contributed by atoms with van der Waals surface area (Å²) >= 11 is 0. The first-order chi connectivity index (χ1) is 9.50. The minimum absolute atomic E-state index is 0.0535. The van der Waals surface area contributed by atoms with Crippen molar-refractivity contribution in [2.45, 2.75) is 58.9 Å². The van der Waals surface area contributed by atoms with Gasteiger partial charge in [-0.2, -0.15) is 0 Å². The molecule has 0 bridgehead atoms. The van der Waals surface area contributed by atoms with Crippen molar-refractivity contribution in [1.82, 2.24) is 5.32 Å². The number of aromatic hydroxyl groups is 2. The molecule has 0 aliphatic heterocycles. The van der Waals surface area contributed by atoms with Gasteiger partial charge in [-0.25, -0.2) is 0 Å². The number of rotatable bonds is 9. The topological polar surface area (TPSA) is 52.5 Å². The highest BCUT2D eigenvalue weighted by atomic mass is 16.3. The van der Waals surface area contributed by atoms with Crippen molar-refractivity contribution in [3.63, 3.8) is 0 Å². The summed E-state index contributed by atoms with van der Waals surface area (Å²) in [6.07, 6.45) is 6.34. The van der Waals surface area contributed by atoms with Crippen LogP contribution in [-0.2, 0) is 0 Å². The molecule has 0 aromatic heterocycles. The average Bonchev–Trinajstić information content (AvgIpc) is 2.39. The summed E-state index contributed by atoms with van der Waals surface area (Å²) in [5, 5.41) is 22.6. The maximum atomic E-state index is 9.78. The van der Waals surface area contributed by atoms with E-state index in [0.29, 0.717) is 0 Å². The predicted molar refractivity (Wildman–Crippen MR) is 84.1 cm³/mol. The number of nitrogens with one attached hydrogen (secondary N) is 1. The van der Waals surface area contributed by atoms with Gasteiger partial charge in [0.05, 0.1) is 0 Å². The first kappa shape index (κ1) is 16.8. The molecule has 1 atom stereocenters. The molecule has 0 spiro atoms. The molecule has 0 aliphatic carbocycles. The van der Waals surface area contributed by atoms with Crippen LogP contribution in [0, 0.1) is 5.92 Å². The lowest BCUT2D eigenvalue weighted by Gasteiger charge is -2.16. The third-order valence-electron chi connectivity index (χ3n) is 3.64. The Bertz CT molecular complexity index is 391. The van der Waals surface area contributed by atoms with Crippen LogP contribution in [0.15, 0.2) is 18.2 Å². The Morgan fingerprint density at radius 3 is 2.40 bits per heavy atom. The quantitative estimate of drug-likeness (QED) is 0.465. The van der Waals surface area contributed by atoms with Crippen molar-refractivity contribution in [1.29, 1.82) is 0 Å². The van der Waals surface area contributed by atoms with E-state index >= 15 is 0 Å². The molecule has 0 aliphatic rings. The van der Waals surface area contributed by atoms with Crippen LogP contribution in [0.5, 0.6) is 11.5 Å². The molecule has 1 rings (SSSR count). The van der Waals surface area contributed by atoms with Crippen LogP contribution in [0.25, 0.3) is 0 Å². The molecule has 20 heavy (non-hydrogen) atoms. The summed E-state index contributed by atoms with van der Waals surface area (Å²) < 4.78 is 0. The Hall–Kier alpha value is -1.22. The largest absolute Gasteiger partial charge is 0.508 e. The van der Waals surface area contributed by atoms with Crippen LogP contribution < -0.4 is 5.32 Å². The van der Waals surface area contributed by atoms with Crippen molar-refractivity contribution in [3.8, 4) is 11.5 Å². The third-order valence-corrected chi connectivity index (χ3v) is 3.64. The van der Waals surface area contributed by atoms with Crippen LogP contribution >= 0.6 is 0 Å². The van der Waals surface area contributed by atoms with E-state index in [2.05, 4.69) is 19.2 Å². The van der Waals surface area contributed by atoms with E-state index in [1.807, 2.05) is 6.92 Å². The Balaban J connectivity index is 2.20. The normalized spacial score (nSPS) is 12.8. The predicted octanol–water partition coefficient (Wildman–Crippen LogP) is 4.35. The fourth-order valence-electron chi connectivity index (χ4n) is 2.35. The van der Waals surface area contributed by atoms with Crippen molar-refractivity contribution in [2.24, 2.45) is 5.92 Å². The molecule has 3 N–H and O–H groups in total. The SMILES string of the molecule is CC(C)CCCCCCNC(C)c1cc(O)ccc1O. The van der Waals surface area contributed by atoms with Gasteiger partial charge in [0.25, 0.3) is 0 Å². The molecule has 114 valence electrons. The fourth-order valence-corrected chi connectivity index (χ4v) is 2.35. The van der Waals surface area contributed by atoms with Crippen molar-refractivity contribution < 1.29 is 10.2 Å². The molecule has 0 saturated carbocycles. The molecule has 1 unspecified atom stereocenters. The molecule has 3 nitrogen and oxygen atoms in total. The van der Waals surface area contributed by atoms with E-state index in [0.717, 1.165) is 24.4 Å². The second-order valence-electron chi connectivity index (χ2n) is 6.02. The Kier molecular flexibility index (Phi) is 7.45. The second-order valence-corrected chi connectivity index (χ2v) is 6.02. The van der Waals surface area contributed by atoms with Gasteiger partial charge < -0.3 is 15.5 Å². The highest BCUT2D eigenvalue weighted by Crippen LogP contribution is 2.27. The minimum Gasteiger partial charge on any atom is -0.508 e. The maximum absolute atomic E-state index is 9.78. The van der Waals surface area contributed by atoms with Crippen molar-refractivity contribution in [2.75, 3.05) is 6.54 Å². The first-order valence-corrected chi connectivity index (χ1v) is 7.76. The lowest BCUT2D eigenvalue weighted by molar-refractivity contribution is 0.438. The summed E-state index contributed by atoms with van der Waals surface area (Å²) in [6, 6.07) is 4.71. The number of phenolic OH excluding ortho intramolecular Hbond substituents is 2. The zero-order valence-electron chi connectivity index (χ0n) is 13.0. The molecule has 3 heteroatoms. The number of hydrogen-bond acceptors (Lipinski definition) is 3. The van der Waals surface area contributed by atoms with E-state index < -0.39 is 0 Å². The van der Waals surface area contributed by atoms with E-state index in [4.69, 9.17) is 0 Å². The smallest absolute Gasteiger partial charge is 0.120 e. The molecule has 0 amide bonds. The summed E-state index contributed by atoms with van der Waals surface area (Å²) in [5.74, 6) is 1.24. The first-order valence-electron chi connectivity index (χ1n) is 7.76. The van der Waals surface area contributed by atoms with Gasteiger partial charge in [0.2, 0.25) is 0 Å². The lowest BCUT2D eigenvalue weighted by Crippen LogP contribution is -2.19. The van der Waals surface area contributed by atoms with Crippen LogP contribution in [0.3, 0.4) is 0 Å². The highest BCUT2D eigenvalue weighted by Gasteiger charge is 2.10. The maximum Gasteiger partial charge on any atom is 0.120 e. The Morgan fingerprint density at radius 1 is 1.00 bits per heavy atom. The van der Waals surface area contributed by atoms with Gasteiger partial charge >= 0.3 is 0 Å². The monoisotopic (exact) mass is 279 g/mol. The summed E-state index contributed by atoms with van der Waals surface area (Å²) in [7, 11) is 0. The molecule has 0 radical (unpaired) electrons. The molecular formula is C17H29NO2. The third kappa shape index (κ3) is 6.29. The van der Waals surface area contributed by atoms with Crippen LogP contribution in [-0.4, -0.2) is 16.8 Å². The summed E-state index contributed by atoms with van der Waals surface area (Å²) in [6.45, 7) is 7.49. The number of phenols is 2. The molecule has 0 fully saturated rings. The highest BCUT2D eigenvalue weighted by molar-refractivity contribution is 5.40. The van der Waals surface area contributed by atoms with Crippen LogP contribution in [0.2, 0.25) is 0 Å². The van der Waals surface area contributed by atoms with Gasteiger partial charge in [-0.1, -0.05) is 39.5 Å². The van der Waals surface area contributed by atoms with E-state index in [1.165, 1.54) is 37.8 Å². The van der Waals surface area contributed by atoms with Gasteiger partial charge in [0.15, 0.2) is 0 Å². The van der Waals surface area contributed by atoms with Crippen molar-refractivity contribution in [3.05, 3.63) is 23.8 Å². The van der Waals surface area contributed by atoms with Crippen molar-refractivity contribution >= 4 is 0 Å². The number of hydrogen-bond donors (Lipinski definition) is 3. The minimum atomic E-state index is 0.0535. The lowest BCUT2D eigenvalue weighted by atomic mass is 10.0. The summed E-state index contributed by atoms with van der Waals surface area (Å²) in [5.41, 5.74) is 0.754. The molecule has 1 aromatic rings. The van der Waals surface area contributed by atoms with Crippen LogP contribution in [0.1, 0.15) is 64.5 Å². The zero-order chi connectivity index (χ0) is 15.0. The van der Waals surface area contributed by atoms with E-state index in [9.17, 15) is 10.2 Å². The van der Waals surface area contributed by atoms with E-state index in [1.54, 1.807) is 6.07 Å². The number of unbranched alkanes of at least 4 members (excludes halogenated alkanes) is 3. The molecule has 0 heterocycles. The molecule has 0 saturated heterocycles. The number of benzene rings is 1. The van der Waals surface area contributed by atoms with Crippen LogP contribution in [0.4, 0.5) is 0 Å². The standard InChI is InChI=1S/C17H29NO2/c1-13(2)8-6-4-5-7-11-18-14(3)16-12-15(19)9-10-17(16)20/h9-10,12-14,18-20H,4-8,11H2,1-3H3. The molecular weight excluding hydrogens is 250 g/mol. The van der Waals surface area contributed by atoms with Gasteiger partial charge in [0.1, 0.15) is 11.5 Å². The van der Waals surface area contributed by atoms with E-state index in [-0.39, 0.29) is 17.5 Å². The Labute approximate surface area is 123 Å². The molecule has 1 aromatic carbocycles. The fraction of sp³-hybridized carbons (Fsp3) is 0.647. The summed E-state index contributed by atoms with van der Waals surface area (Å²) in [4.78, 5) is 0. The van der Waals surface area contributed by atoms with Gasteiger partial charge in [-0.3, -0.25) is 0 Å². The van der Waals surface area contributed by atoms with Gasteiger partial charge in [-0.15, -0.1) is 0 Å². The second kappa shape index (κ2) is 8.85. The zero-order valence-corrected chi connectivity index (χ0v) is 13.0. The van der Waals surface area contributed by atoms with Gasteiger partial charge in [-0.05, 0) is 44.0 Å². The van der Waals surface area contributed by atoms with Gasteiger partial charge in [0, 0.05) is 11.6 Å². The Morgan fingerprint density at radius 2 is 1.70 bits per heavy atom.